The molecule has 0 spiro atoms. The van der Waals surface area contributed by atoms with Gasteiger partial charge in [-0.25, -0.2) is 8.42 Å². The van der Waals surface area contributed by atoms with E-state index in [2.05, 4.69) is 0 Å². The zero-order valence-corrected chi connectivity index (χ0v) is 12.3. The van der Waals surface area contributed by atoms with Crippen molar-refractivity contribution < 1.29 is 13.2 Å². The first-order chi connectivity index (χ1) is 8.27. The molecule has 18 heavy (non-hydrogen) atoms. The lowest BCUT2D eigenvalue weighted by Crippen LogP contribution is -2.27. The lowest BCUT2D eigenvalue weighted by atomic mass is 10.2. The zero-order chi connectivity index (χ0) is 13.9. The van der Waals surface area contributed by atoms with Gasteiger partial charge in [-0.2, -0.15) is 0 Å². The van der Waals surface area contributed by atoms with Crippen molar-refractivity contribution in [2.45, 2.75) is 18.2 Å². The summed E-state index contributed by atoms with van der Waals surface area (Å²) < 4.78 is 22.4. The van der Waals surface area contributed by atoms with Crippen LogP contribution in [-0.2, 0) is 9.05 Å². The Kier molecular flexibility index (Phi) is 5.01. The van der Waals surface area contributed by atoms with Crippen molar-refractivity contribution in [3.05, 3.63) is 28.8 Å². The van der Waals surface area contributed by atoms with Crippen LogP contribution in [0.5, 0.6) is 0 Å². The van der Waals surface area contributed by atoms with Gasteiger partial charge in [0, 0.05) is 24.3 Å². The van der Waals surface area contributed by atoms with Gasteiger partial charge in [0.25, 0.3) is 15.0 Å². The van der Waals surface area contributed by atoms with Gasteiger partial charge >= 0.3 is 0 Å². The van der Waals surface area contributed by atoms with Crippen molar-refractivity contribution in [3.63, 3.8) is 0 Å². The normalized spacial score (nSPS) is 11.3. The van der Waals surface area contributed by atoms with E-state index in [0.717, 1.165) is 6.42 Å². The van der Waals surface area contributed by atoms with Crippen LogP contribution in [0.2, 0.25) is 5.02 Å². The summed E-state index contributed by atoms with van der Waals surface area (Å²) in [5.74, 6) is -0.330. The number of benzene rings is 1. The summed E-state index contributed by atoms with van der Waals surface area (Å²) in [5, 5.41) is 0.201. The molecule has 0 atom stereocenters. The summed E-state index contributed by atoms with van der Waals surface area (Å²) >= 11 is 5.90. The van der Waals surface area contributed by atoms with E-state index >= 15 is 0 Å². The predicted octanol–water partition coefficient (Wildman–Crippen LogP) is 2.75. The monoisotopic (exact) mass is 309 g/mol. The van der Waals surface area contributed by atoms with Gasteiger partial charge in [-0.05, 0) is 24.6 Å². The Balaban J connectivity index is 3.20. The molecule has 0 saturated heterocycles. The van der Waals surface area contributed by atoms with Crippen LogP contribution in [0.15, 0.2) is 23.1 Å². The maximum Gasteiger partial charge on any atom is 0.261 e. The largest absolute Gasteiger partial charge is 0.342 e. The van der Waals surface area contributed by atoms with Crippen LogP contribution in [0.1, 0.15) is 23.7 Å². The van der Waals surface area contributed by atoms with Crippen molar-refractivity contribution in [2.75, 3.05) is 13.6 Å². The smallest absolute Gasteiger partial charge is 0.261 e. The van der Waals surface area contributed by atoms with Crippen molar-refractivity contribution in [2.24, 2.45) is 0 Å². The lowest BCUT2D eigenvalue weighted by Gasteiger charge is -2.17. The summed E-state index contributed by atoms with van der Waals surface area (Å²) in [7, 11) is 2.99. The molecule has 100 valence electrons. The number of hydrogen-bond donors (Lipinski definition) is 0. The fourth-order valence-corrected chi connectivity index (χ4v) is 2.44. The molecule has 0 heterocycles. The topological polar surface area (TPSA) is 54.5 Å². The number of carbonyl (C=O) groups excluding carboxylic acids is 1. The van der Waals surface area contributed by atoms with Gasteiger partial charge in [0.1, 0.15) is 0 Å². The Morgan fingerprint density at radius 2 is 2.00 bits per heavy atom. The molecule has 7 heteroatoms. The average molecular weight is 310 g/mol. The Morgan fingerprint density at radius 3 is 2.50 bits per heavy atom. The maximum atomic E-state index is 12.0. The molecule has 0 saturated carbocycles. The van der Waals surface area contributed by atoms with Crippen LogP contribution in [0.4, 0.5) is 0 Å². The SMILES string of the molecule is CCCN(C)C(=O)c1cc(S(=O)(=O)Cl)ccc1Cl. The number of amides is 1. The summed E-state index contributed by atoms with van der Waals surface area (Å²) in [6.45, 7) is 2.50. The minimum atomic E-state index is -3.87. The summed E-state index contributed by atoms with van der Waals surface area (Å²) in [5.41, 5.74) is 0.134. The fourth-order valence-electron chi connectivity index (χ4n) is 1.46. The van der Waals surface area contributed by atoms with E-state index in [1.165, 1.54) is 23.1 Å². The summed E-state index contributed by atoms with van der Waals surface area (Å²) in [6.07, 6.45) is 0.799. The molecular formula is C11H13Cl2NO3S. The van der Waals surface area contributed by atoms with Gasteiger partial charge in [0.2, 0.25) is 0 Å². The molecular weight excluding hydrogens is 297 g/mol. The first-order valence-electron chi connectivity index (χ1n) is 5.27. The third kappa shape index (κ3) is 3.60. The second-order valence-corrected chi connectivity index (χ2v) is 6.78. The van der Waals surface area contributed by atoms with Crippen LogP contribution < -0.4 is 0 Å². The number of rotatable bonds is 4. The van der Waals surface area contributed by atoms with E-state index in [0.29, 0.717) is 6.54 Å². The van der Waals surface area contributed by atoms with Crippen molar-refractivity contribution >= 4 is 37.2 Å². The highest BCUT2D eigenvalue weighted by Gasteiger charge is 2.18. The highest BCUT2D eigenvalue weighted by atomic mass is 35.7. The second kappa shape index (κ2) is 5.91. The van der Waals surface area contributed by atoms with Crippen molar-refractivity contribution in [1.29, 1.82) is 0 Å². The molecule has 0 fully saturated rings. The van der Waals surface area contributed by atoms with E-state index in [4.69, 9.17) is 22.3 Å². The lowest BCUT2D eigenvalue weighted by molar-refractivity contribution is 0.0795. The molecule has 0 bridgehead atoms. The standard InChI is InChI=1S/C11H13Cl2NO3S/c1-3-6-14(2)11(15)9-7-8(18(13,16)17)4-5-10(9)12/h4-5,7H,3,6H2,1-2H3. The highest BCUT2D eigenvalue weighted by molar-refractivity contribution is 8.13. The Bertz CT molecular complexity index is 557. The fraction of sp³-hybridized carbons (Fsp3) is 0.364. The number of nitrogens with zero attached hydrogens (tertiary/aromatic N) is 1. The molecule has 0 aromatic heterocycles. The van der Waals surface area contributed by atoms with Gasteiger partial charge in [-0.3, -0.25) is 4.79 Å². The van der Waals surface area contributed by atoms with E-state index < -0.39 is 9.05 Å². The predicted molar refractivity (Wildman–Crippen MR) is 71.7 cm³/mol. The van der Waals surface area contributed by atoms with Gasteiger partial charge in [-0.15, -0.1) is 0 Å². The zero-order valence-electron chi connectivity index (χ0n) is 9.98. The molecule has 1 aromatic rings. The van der Waals surface area contributed by atoms with Crippen LogP contribution >= 0.6 is 22.3 Å². The van der Waals surface area contributed by atoms with E-state index in [9.17, 15) is 13.2 Å². The minimum Gasteiger partial charge on any atom is -0.342 e. The number of carbonyl (C=O) groups is 1. The van der Waals surface area contributed by atoms with Gasteiger partial charge in [0.05, 0.1) is 15.5 Å². The van der Waals surface area contributed by atoms with E-state index in [1.807, 2.05) is 6.92 Å². The first-order valence-corrected chi connectivity index (χ1v) is 7.95. The van der Waals surface area contributed by atoms with Crippen molar-refractivity contribution in [3.8, 4) is 0 Å². The molecule has 4 nitrogen and oxygen atoms in total. The molecule has 0 radical (unpaired) electrons. The number of halogens is 2. The van der Waals surface area contributed by atoms with Crippen LogP contribution in [-0.4, -0.2) is 32.8 Å². The third-order valence-corrected chi connectivity index (χ3v) is 4.04. The summed E-state index contributed by atoms with van der Waals surface area (Å²) in [4.78, 5) is 13.4. The number of hydrogen-bond acceptors (Lipinski definition) is 3. The van der Waals surface area contributed by atoms with Crippen LogP contribution in [0, 0.1) is 0 Å². The van der Waals surface area contributed by atoms with Crippen LogP contribution in [0.25, 0.3) is 0 Å². The first kappa shape index (κ1) is 15.3. The highest BCUT2D eigenvalue weighted by Crippen LogP contribution is 2.23. The third-order valence-electron chi connectivity index (χ3n) is 2.36. The Labute approximate surface area is 116 Å². The molecule has 0 aliphatic heterocycles. The molecule has 0 aliphatic carbocycles. The van der Waals surface area contributed by atoms with Gasteiger partial charge < -0.3 is 4.90 Å². The van der Waals surface area contributed by atoms with E-state index in [-0.39, 0.29) is 21.4 Å². The molecule has 1 amide bonds. The molecule has 0 unspecified atom stereocenters. The molecule has 1 aromatic carbocycles. The van der Waals surface area contributed by atoms with Gasteiger partial charge in [-0.1, -0.05) is 18.5 Å². The maximum absolute atomic E-state index is 12.0. The summed E-state index contributed by atoms with van der Waals surface area (Å²) in [6, 6.07) is 3.81. The molecule has 0 N–H and O–H groups in total. The Hall–Kier alpha value is -0.780. The van der Waals surface area contributed by atoms with Gasteiger partial charge in [0.15, 0.2) is 0 Å². The van der Waals surface area contributed by atoms with Crippen molar-refractivity contribution in [1.82, 2.24) is 4.90 Å². The average Bonchev–Trinajstić information content (AvgIpc) is 2.27. The Morgan fingerprint density at radius 1 is 1.39 bits per heavy atom. The second-order valence-electron chi connectivity index (χ2n) is 3.81. The van der Waals surface area contributed by atoms with E-state index in [1.54, 1.807) is 7.05 Å². The molecule has 0 aliphatic rings. The minimum absolute atomic E-state index is 0.134. The molecule has 1 rings (SSSR count). The van der Waals surface area contributed by atoms with Crippen LogP contribution in [0.3, 0.4) is 0 Å². The quantitative estimate of drug-likeness (QED) is 0.804.